The Morgan fingerprint density at radius 2 is 2.22 bits per heavy atom. The van der Waals surface area contributed by atoms with Crippen LogP contribution in [0.15, 0.2) is 30.0 Å². The third kappa shape index (κ3) is 2.67. The van der Waals surface area contributed by atoms with Crippen molar-refractivity contribution in [3.8, 4) is 5.75 Å². The van der Waals surface area contributed by atoms with Gasteiger partial charge in [0, 0.05) is 0 Å². The van der Waals surface area contributed by atoms with Gasteiger partial charge in [-0.25, -0.2) is 0 Å². The second-order valence-electron chi connectivity index (χ2n) is 4.55. The van der Waals surface area contributed by atoms with Crippen molar-refractivity contribution in [2.45, 2.75) is 25.8 Å². The molecular formula is C15H21NO2. The smallest absolute Gasteiger partial charge is 0.122 e. The molecule has 2 rings (SSSR count). The standard InChI is InChI=1S/C15H21NO2/c1-11-7-8-12(10-14(11)17-3)15(16-2)13-6-4-5-9-18-13/h6-8,10,15-16H,4-5,9H2,1-3H3. The molecule has 0 fully saturated rings. The average molecular weight is 247 g/mol. The molecule has 98 valence electrons. The molecule has 0 saturated heterocycles. The lowest BCUT2D eigenvalue weighted by molar-refractivity contribution is 0.169. The molecule has 3 nitrogen and oxygen atoms in total. The van der Waals surface area contributed by atoms with Crippen LogP contribution in [0.4, 0.5) is 0 Å². The van der Waals surface area contributed by atoms with Gasteiger partial charge in [0.1, 0.15) is 11.5 Å². The topological polar surface area (TPSA) is 30.5 Å². The van der Waals surface area contributed by atoms with Gasteiger partial charge in [0.2, 0.25) is 0 Å². The first kappa shape index (κ1) is 13.0. The third-order valence-electron chi connectivity index (χ3n) is 3.30. The number of benzene rings is 1. The van der Waals surface area contributed by atoms with Crippen molar-refractivity contribution in [1.82, 2.24) is 5.32 Å². The van der Waals surface area contributed by atoms with Crippen LogP contribution in [0.3, 0.4) is 0 Å². The zero-order valence-corrected chi connectivity index (χ0v) is 11.3. The number of likely N-dealkylation sites (N-methyl/N-ethyl adjacent to an activating group) is 1. The first-order valence-electron chi connectivity index (χ1n) is 6.41. The summed E-state index contributed by atoms with van der Waals surface area (Å²) in [5.41, 5.74) is 2.32. The maximum Gasteiger partial charge on any atom is 0.122 e. The van der Waals surface area contributed by atoms with Crippen LogP contribution in [0.1, 0.15) is 30.0 Å². The molecule has 0 radical (unpaired) electrons. The SMILES string of the molecule is CNC(C1=CCCCO1)c1ccc(C)c(OC)c1. The van der Waals surface area contributed by atoms with Gasteiger partial charge in [0.05, 0.1) is 19.8 Å². The summed E-state index contributed by atoms with van der Waals surface area (Å²) in [7, 11) is 3.66. The van der Waals surface area contributed by atoms with Gasteiger partial charge in [-0.1, -0.05) is 12.1 Å². The Labute approximate surface area is 109 Å². The zero-order chi connectivity index (χ0) is 13.0. The highest BCUT2D eigenvalue weighted by atomic mass is 16.5. The highest BCUT2D eigenvalue weighted by molar-refractivity contribution is 5.39. The lowest BCUT2D eigenvalue weighted by Gasteiger charge is -2.24. The van der Waals surface area contributed by atoms with E-state index in [1.807, 2.05) is 14.0 Å². The van der Waals surface area contributed by atoms with E-state index in [4.69, 9.17) is 9.47 Å². The summed E-state index contributed by atoms with van der Waals surface area (Å²) in [5.74, 6) is 1.94. The van der Waals surface area contributed by atoms with E-state index in [2.05, 4.69) is 29.6 Å². The summed E-state index contributed by atoms with van der Waals surface area (Å²) >= 11 is 0. The first-order chi connectivity index (χ1) is 8.76. The lowest BCUT2D eigenvalue weighted by Crippen LogP contribution is -2.22. The van der Waals surface area contributed by atoms with Gasteiger partial charge < -0.3 is 14.8 Å². The quantitative estimate of drug-likeness (QED) is 0.887. The van der Waals surface area contributed by atoms with Crippen molar-refractivity contribution < 1.29 is 9.47 Å². The van der Waals surface area contributed by atoms with Crippen LogP contribution in [-0.2, 0) is 4.74 Å². The summed E-state index contributed by atoms with van der Waals surface area (Å²) in [4.78, 5) is 0. The van der Waals surface area contributed by atoms with Crippen molar-refractivity contribution in [1.29, 1.82) is 0 Å². The summed E-state index contributed by atoms with van der Waals surface area (Å²) in [6.45, 7) is 2.86. The summed E-state index contributed by atoms with van der Waals surface area (Å²) in [5, 5.41) is 3.31. The summed E-state index contributed by atoms with van der Waals surface area (Å²) in [6, 6.07) is 6.40. The van der Waals surface area contributed by atoms with E-state index >= 15 is 0 Å². The van der Waals surface area contributed by atoms with Crippen LogP contribution in [0.5, 0.6) is 5.75 Å². The van der Waals surface area contributed by atoms with Crippen molar-refractivity contribution in [2.24, 2.45) is 0 Å². The van der Waals surface area contributed by atoms with E-state index < -0.39 is 0 Å². The molecule has 1 aromatic rings. The van der Waals surface area contributed by atoms with E-state index in [9.17, 15) is 0 Å². The molecule has 0 bridgehead atoms. The van der Waals surface area contributed by atoms with Crippen molar-refractivity contribution in [3.05, 3.63) is 41.2 Å². The summed E-state index contributed by atoms with van der Waals surface area (Å²) < 4.78 is 11.1. The Balaban J connectivity index is 2.29. The van der Waals surface area contributed by atoms with Gasteiger partial charge in [0.15, 0.2) is 0 Å². The number of methoxy groups -OCH3 is 1. The van der Waals surface area contributed by atoms with Crippen LogP contribution in [0.2, 0.25) is 0 Å². The molecule has 18 heavy (non-hydrogen) atoms. The Morgan fingerprint density at radius 1 is 1.39 bits per heavy atom. The van der Waals surface area contributed by atoms with Crippen LogP contribution in [-0.4, -0.2) is 20.8 Å². The average Bonchev–Trinajstić information content (AvgIpc) is 2.42. The van der Waals surface area contributed by atoms with Crippen molar-refractivity contribution >= 4 is 0 Å². The fourth-order valence-electron chi connectivity index (χ4n) is 2.27. The molecule has 3 heteroatoms. The molecule has 0 aliphatic carbocycles. The molecule has 0 spiro atoms. The fraction of sp³-hybridized carbons (Fsp3) is 0.467. The largest absolute Gasteiger partial charge is 0.496 e. The first-order valence-corrected chi connectivity index (χ1v) is 6.41. The second-order valence-corrected chi connectivity index (χ2v) is 4.55. The molecule has 0 saturated carbocycles. The van der Waals surface area contributed by atoms with Crippen LogP contribution in [0.25, 0.3) is 0 Å². The number of hydrogen-bond acceptors (Lipinski definition) is 3. The fourth-order valence-corrected chi connectivity index (χ4v) is 2.27. The molecular weight excluding hydrogens is 226 g/mol. The van der Waals surface area contributed by atoms with Crippen LogP contribution >= 0.6 is 0 Å². The minimum absolute atomic E-state index is 0.111. The number of hydrogen-bond donors (Lipinski definition) is 1. The zero-order valence-electron chi connectivity index (χ0n) is 11.3. The van der Waals surface area contributed by atoms with Gasteiger partial charge in [-0.2, -0.15) is 0 Å². The Bertz CT molecular complexity index is 440. The van der Waals surface area contributed by atoms with E-state index in [-0.39, 0.29) is 6.04 Å². The number of rotatable bonds is 4. The molecule has 0 amide bonds. The molecule has 1 N–H and O–H groups in total. The van der Waals surface area contributed by atoms with E-state index in [0.29, 0.717) is 0 Å². The van der Waals surface area contributed by atoms with Gasteiger partial charge in [-0.05, 0) is 50.1 Å². The molecule has 1 heterocycles. The molecule has 1 aliphatic rings. The van der Waals surface area contributed by atoms with Gasteiger partial charge in [-0.15, -0.1) is 0 Å². The molecule has 1 unspecified atom stereocenters. The van der Waals surface area contributed by atoms with Gasteiger partial charge >= 0.3 is 0 Å². The van der Waals surface area contributed by atoms with Crippen molar-refractivity contribution in [3.63, 3.8) is 0 Å². The minimum Gasteiger partial charge on any atom is -0.496 e. The third-order valence-corrected chi connectivity index (χ3v) is 3.30. The van der Waals surface area contributed by atoms with E-state index in [0.717, 1.165) is 36.5 Å². The molecule has 0 aromatic heterocycles. The molecule has 1 atom stereocenters. The molecule has 1 aliphatic heterocycles. The van der Waals surface area contributed by atoms with Gasteiger partial charge in [-0.3, -0.25) is 0 Å². The predicted octanol–water partition coefficient (Wildman–Crippen LogP) is 2.96. The van der Waals surface area contributed by atoms with E-state index in [1.54, 1.807) is 7.11 Å². The summed E-state index contributed by atoms with van der Waals surface area (Å²) in [6.07, 6.45) is 4.38. The minimum atomic E-state index is 0.111. The second kappa shape index (κ2) is 5.91. The number of allylic oxidation sites excluding steroid dienone is 1. The number of aryl methyl sites for hydroxylation is 1. The monoisotopic (exact) mass is 247 g/mol. The van der Waals surface area contributed by atoms with Crippen molar-refractivity contribution in [2.75, 3.05) is 20.8 Å². The number of ether oxygens (including phenoxy) is 2. The highest BCUT2D eigenvalue weighted by Gasteiger charge is 2.19. The predicted molar refractivity (Wildman–Crippen MR) is 72.8 cm³/mol. The Hall–Kier alpha value is -1.48. The maximum atomic E-state index is 5.75. The normalized spacial score (nSPS) is 16.7. The maximum absolute atomic E-state index is 5.75. The van der Waals surface area contributed by atoms with Crippen LogP contribution in [0, 0.1) is 6.92 Å². The highest BCUT2D eigenvalue weighted by Crippen LogP contribution is 2.29. The molecule has 1 aromatic carbocycles. The van der Waals surface area contributed by atoms with Crippen LogP contribution < -0.4 is 10.1 Å². The number of nitrogens with one attached hydrogen (secondary N) is 1. The van der Waals surface area contributed by atoms with Gasteiger partial charge in [0.25, 0.3) is 0 Å². The lowest BCUT2D eigenvalue weighted by atomic mass is 10.0. The Kier molecular flexibility index (Phi) is 4.26. The Morgan fingerprint density at radius 3 is 2.83 bits per heavy atom. The van der Waals surface area contributed by atoms with E-state index in [1.165, 1.54) is 5.56 Å².